The molecule has 0 amide bonds. The number of hydrogen-bond acceptors (Lipinski definition) is 2. The van der Waals surface area contributed by atoms with Gasteiger partial charge in [-0.15, -0.1) is 0 Å². The predicted octanol–water partition coefficient (Wildman–Crippen LogP) is 14.2. The van der Waals surface area contributed by atoms with E-state index in [0.717, 1.165) is 66.8 Å². The van der Waals surface area contributed by atoms with Crippen molar-refractivity contribution in [1.82, 2.24) is 0 Å². The SMILES string of the molecule is c1ccc2c(c1)Oc1cc(-c3ccccc3-c3ccccc3-c3cccc4oc5ccc6ccccc6c5c34)ccc1C21c2ccccc2-c2ccccc21. The number of furan rings is 1. The maximum Gasteiger partial charge on any atom is 0.136 e. The molecule has 0 radical (unpaired) electrons. The summed E-state index contributed by atoms with van der Waals surface area (Å²) in [6.45, 7) is 0. The van der Waals surface area contributed by atoms with Crippen LogP contribution in [-0.2, 0) is 5.41 Å². The molecule has 0 bridgehead atoms. The van der Waals surface area contributed by atoms with Crippen molar-refractivity contribution < 1.29 is 9.15 Å². The number of ether oxygens (including phenoxy) is 1. The van der Waals surface area contributed by atoms with E-state index in [4.69, 9.17) is 9.15 Å². The van der Waals surface area contributed by atoms with Crippen molar-refractivity contribution >= 4 is 32.7 Å². The summed E-state index contributed by atoms with van der Waals surface area (Å²) in [5.74, 6) is 1.78. The molecule has 12 rings (SSSR count). The van der Waals surface area contributed by atoms with Gasteiger partial charge in [-0.2, -0.15) is 0 Å². The highest BCUT2D eigenvalue weighted by Crippen LogP contribution is 2.62. The first kappa shape index (κ1) is 30.3. The van der Waals surface area contributed by atoms with Crippen LogP contribution in [0.5, 0.6) is 11.5 Å². The fourth-order valence-electron chi connectivity index (χ4n) is 9.76. The van der Waals surface area contributed by atoms with Gasteiger partial charge in [0.1, 0.15) is 22.7 Å². The fourth-order valence-corrected chi connectivity index (χ4v) is 9.76. The lowest BCUT2D eigenvalue weighted by atomic mass is 9.66. The van der Waals surface area contributed by atoms with Crippen LogP contribution < -0.4 is 4.74 Å². The molecular formula is C53H32O2. The Morgan fingerprint density at radius 2 is 0.873 bits per heavy atom. The highest BCUT2D eigenvalue weighted by atomic mass is 16.5. The summed E-state index contributed by atoms with van der Waals surface area (Å²) < 4.78 is 13.4. The van der Waals surface area contributed by atoms with Crippen LogP contribution in [0.2, 0.25) is 0 Å². The van der Waals surface area contributed by atoms with Gasteiger partial charge in [0.15, 0.2) is 0 Å². The summed E-state index contributed by atoms with van der Waals surface area (Å²) in [7, 11) is 0. The molecule has 2 heterocycles. The van der Waals surface area contributed by atoms with Crippen molar-refractivity contribution in [2.75, 3.05) is 0 Å². The lowest BCUT2D eigenvalue weighted by Crippen LogP contribution is -2.32. The first-order valence-corrected chi connectivity index (χ1v) is 18.9. The molecule has 55 heavy (non-hydrogen) atoms. The maximum absolute atomic E-state index is 6.90. The van der Waals surface area contributed by atoms with Gasteiger partial charge in [0.25, 0.3) is 0 Å². The minimum atomic E-state index is -0.488. The van der Waals surface area contributed by atoms with Gasteiger partial charge in [-0.05, 0) is 90.7 Å². The Balaban J connectivity index is 1.07. The van der Waals surface area contributed by atoms with Crippen molar-refractivity contribution in [3.05, 3.63) is 216 Å². The lowest BCUT2D eigenvalue weighted by Gasteiger charge is -2.39. The Labute approximate surface area is 318 Å². The van der Waals surface area contributed by atoms with E-state index < -0.39 is 5.41 Å². The van der Waals surface area contributed by atoms with Crippen LogP contribution in [0.1, 0.15) is 22.3 Å². The maximum atomic E-state index is 6.90. The van der Waals surface area contributed by atoms with Gasteiger partial charge in [-0.25, -0.2) is 0 Å². The van der Waals surface area contributed by atoms with Gasteiger partial charge in [0.05, 0.1) is 5.41 Å². The zero-order valence-electron chi connectivity index (χ0n) is 29.8. The van der Waals surface area contributed by atoms with Crippen LogP contribution in [0.25, 0.3) is 77.2 Å². The van der Waals surface area contributed by atoms with E-state index in [2.05, 4.69) is 194 Å². The number of para-hydroxylation sites is 1. The summed E-state index contributed by atoms with van der Waals surface area (Å²) in [6.07, 6.45) is 0. The molecule has 1 aliphatic heterocycles. The molecule has 1 aromatic heterocycles. The molecule has 0 unspecified atom stereocenters. The van der Waals surface area contributed by atoms with Crippen molar-refractivity contribution in [1.29, 1.82) is 0 Å². The highest BCUT2D eigenvalue weighted by molar-refractivity contribution is 6.23. The smallest absolute Gasteiger partial charge is 0.136 e. The van der Waals surface area contributed by atoms with E-state index in [1.807, 2.05) is 0 Å². The quantitative estimate of drug-likeness (QED) is 0.183. The van der Waals surface area contributed by atoms with Crippen LogP contribution >= 0.6 is 0 Å². The second-order valence-electron chi connectivity index (χ2n) is 14.7. The first-order chi connectivity index (χ1) is 27.3. The molecule has 0 atom stereocenters. The van der Waals surface area contributed by atoms with E-state index in [1.54, 1.807) is 0 Å². The molecule has 0 saturated heterocycles. The van der Waals surface area contributed by atoms with Crippen molar-refractivity contribution in [2.45, 2.75) is 5.41 Å². The van der Waals surface area contributed by atoms with Crippen molar-refractivity contribution in [2.24, 2.45) is 0 Å². The summed E-state index contributed by atoms with van der Waals surface area (Å²) >= 11 is 0. The van der Waals surface area contributed by atoms with E-state index >= 15 is 0 Å². The molecular weight excluding hydrogens is 669 g/mol. The standard InChI is InChI=1S/C53H32O2/c1-2-16-36-33(14-1)29-31-49-51(36)52-42(22-13-27-48(52)55-49)39-19-6-5-18-38(39)37-17-4-3-15-35(37)34-28-30-46-50(32-34)54-47-26-12-11-25-45(47)53(46)43-23-9-7-20-40(43)41-21-8-10-24-44(41)53/h1-32H. The van der Waals surface area contributed by atoms with E-state index in [1.165, 1.54) is 44.2 Å². The summed E-state index contributed by atoms with van der Waals surface area (Å²) in [4.78, 5) is 0. The van der Waals surface area contributed by atoms with Gasteiger partial charge in [-0.1, -0.05) is 170 Å². The third-order valence-electron chi connectivity index (χ3n) is 12.0. The van der Waals surface area contributed by atoms with Crippen LogP contribution in [-0.4, -0.2) is 0 Å². The molecule has 1 aliphatic carbocycles. The number of fused-ring (bicyclic) bond motifs is 14. The second kappa shape index (κ2) is 11.4. The molecule has 0 fully saturated rings. The van der Waals surface area contributed by atoms with Crippen molar-refractivity contribution in [3.63, 3.8) is 0 Å². The highest BCUT2D eigenvalue weighted by Gasteiger charge is 2.50. The summed E-state index contributed by atoms with van der Waals surface area (Å²) in [5, 5.41) is 4.70. The molecule has 10 aromatic rings. The Morgan fingerprint density at radius 3 is 1.64 bits per heavy atom. The van der Waals surface area contributed by atoms with Gasteiger partial charge in [0.2, 0.25) is 0 Å². The zero-order valence-corrected chi connectivity index (χ0v) is 29.8. The average molecular weight is 701 g/mol. The Morgan fingerprint density at radius 1 is 0.327 bits per heavy atom. The van der Waals surface area contributed by atoms with E-state index in [0.29, 0.717) is 0 Å². The second-order valence-corrected chi connectivity index (χ2v) is 14.7. The molecule has 256 valence electrons. The largest absolute Gasteiger partial charge is 0.457 e. The zero-order chi connectivity index (χ0) is 36.1. The van der Waals surface area contributed by atoms with E-state index in [-0.39, 0.29) is 0 Å². The first-order valence-electron chi connectivity index (χ1n) is 18.9. The summed E-state index contributed by atoms with van der Waals surface area (Å²) in [6, 6.07) is 70.0. The average Bonchev–Trinajstić information content (AvgIpc) is 3.78. The molecule has 2 heteroatoms. The minimum absolute atomic E-state index is 0.488. The van der Waals surface area contributed by atoms with Crippen molar-refractivity contribution in [3.8, 4) is 56.0 Å². The molecule has 9 aromatic carbocycles. The van der Waals surface area contributed by atoms with Gasteiger partial charge >= 0.3 is 0 Å². The number of hydrogen-bond donors (Lipinski definition) is 0. The predicted molar refractivity (Wildman–Crippen MR) is 225 cm³/mol. The molecule has 2 aliphatic rings. The fraction of sp³-hybridized carbons (Fsp3) is 0.0189. The minimum Gasteiger partial charge on any atom is -0.457 e. The normalized spacial score (nSPS) is 13.4. The van der Waals surface area contributed by atoms with Crippen LogP contribution in [0, 0.1) is 0 Å². The van der Waals surface area contributed by atoms with Crippen LogP contribution in [0.15, 0.2) is 199 Å². The molecule has 2 nitrogen and oxygen atoms in total. The third-order valence-corrected chi connectivity index (χ3v) is 12.0. The molecule has 1 spiro atoms. The Bertz CT molecular complexity index is 3150. The molecule has 0 saturated carbocycles. The Hall–Kier alpha value is -7.16. The van der Waals surface area contributed by atoms with Gasteiger partial charge in [0, 0.05) is 21.9 Å². The van der Waals surface area contributed by atoms with E-state index in [9.17, 15) is 0 Å². The topological polar surface area (TPSA) is 22.4 Å². The van der Waals surface area contributed by atoms with Gasteiger partial charge < -0.3 is 9.15 Å². The van der Waals surface area contributed by atoms with Crippen LogP contribution in [0.3, 0.4) is 0 Å². The summed E-state index contributed by atoms with van der Waals surface area (Å²) in [5.41, 5.74) is 15.7. The molecule has 0 N–H and O–H groups in total. The Kier molecular flexibility index (Phi) is 6.29. The number of benzene rings is 9. The van der Waals surface area contributed by atoms with Crippen LogP contribution in [0.4, 0.5) is 0 Å². The third kappa shape index (κ3) is 4.14. The lowest BCUT2D eigenvalue weighted by molar-refractivity contribution is 0.436. The van der Waals surface area contributed by atoms with Gasteiger partial charge in [-0.3, -0.25) is 0 Å². The monoisotopic (exact) mass is 700 g/mol. The number of rotatable bonds is 3.